The highest BCUT2D eigenvalue weighted by molar-refractivity contribution is 5.89. The Morgan fingerprint density at radius 3 is 2.40 bits per heavy atom. The third kappa shape index (κ3) is 7.63. The minimum atomic E-state index is -0.164. The summed E-state index contributed by atoms with van der Waals surface area (Å²) in [4.78, 5) is 18.3. The number of hydrogen-bond donors (Lipinski definition) is 1. The summed E-state index contributed by atoms with van der Waals surface area (Å²) < 4.78 is 18.6. The van der Waals surface area contributed by atoms with Gasteiger partial charge in [0, 0.05) is 24.3 Å². The summed E-state index contributed by atoms with van der Waals surface area (Å²) >= 11 is 0. The number of rotatable bonds is 9. The number of likely N-dealkylation sites (tertiary alicyclic amines) is 2. The van der Waals surface area contributed by atoms with E-state index in [0.717, 1.165) is 69.7 Å². The van der Waals surface area contributed by atoms with Gasteiger partial charge in [-0.15, -0.1) is 0 Å². The number of nitrogens with zero attached hydrogens (tertiary/aromatic N) is 2. The summed E-state index contributed by atoms with van der Waals surface area (Å²) in [6.45, 7) is 4.08. The van der Waals surface area contributed by atoms with Crippen LogP contribution in [-0.4, -0.2) is 55.2 Å². The number of halogens is 1. The number of ether oxygens (including phenoxy) is 1. The lowest BCUT2D eigenvalue weighted by atomic mass is 9.82. The highest BCUT2D eigenvalue weighted by atomic mass is 19.1. The molecular formula is C34H42FN3O2. The molecule has 5 rings (SSSR count). The lowest BCUT2D eigenvalue weighted by molar-refractivity contribution is 0.101. The number of carbonyl (C=O) groups excluding carboxylic acids is 1. The van der Waals surface area contributed by atoms with E-state index in [0.29, 0.717) is 11.8 Å². The molecule has 0 aliphatic carbocycles. The molecule has 40 heavy (non-hydrogen) atoms. The summed E-state index contributed by atoms with van der Waals surface area (Å²) in [5, 5.41) is 3.13. The molecule has 0 spiro atoms. The second-order valence-electron chi connectivity index (χ2n) is 11.4. The Kier molecular flexibility index (Phi) is 9.72. The lowest BCUT2D eigenvalue weighted by Crippen LogP contribution is -2.51. The van der Waals surface area contributed by atoms with E-state index in [1.54, 1.807) is 19.2 Å². The third-order valence-electron chi connectivity index (χ3n) is 8.75. The maximum Gasteiger partial charge on any atom is 0.322 e. The molecule has 212 valence electrons. The summed E-state index contributed by atoms with van der Waals surface area (Å²) in [7, 11) is 1.64. The normalized spacial score (nSPS) is 20.3. The highest BCUT2D eigenvalue weighted by Gasteiger charge is 2.35. The largest absolute Gasteiger partial charge is 0.497 e. The maximum atomic E-state index is 13.6. The van der Waals surface area contributed by atoms with Gasteiger partial charge in [0.25, 0.3) is 0 Å². The van der Waals surface area contributed by atoms with Gasteiger partial charge in [0.2, 0.25) is 0 Å². The molecule has 2 saturated heterocycles. The number of amides is 2. The molecule has 2 aliphatic heterocycles. The number of benzene rings is 3. The average Bonchev–Trinajstić information content (AvgIpc) is 2.99. The number of carbonyl (C=O) groups is 1. The van der Waals surface area contributed by atoms with Gasteiger partial charge in [-0.25, -0.2) is 9.18 Å². The predicted octanol–water partition coefficient (Wildman–Crippen LogP) is 7.03. The minimum Gasteiger partial charge on any atom is -0.497 e. The van der Waals surface area contributed by atoms with Gasteiger partial charge >= 0.3 is 6.03 Å². The zero-order valence-electron chi connectivity index (χ0n) is 23.6. The van der Waals surface area contributed by atoms with Gasteiger partial charge in [0.1, 0.15) is 11.6 Å². The Balaban J connectivity index is 1.19. The van der Waals surface area contributed by atoms with Crippen LogP contribution >= 0.6 is 0 Å². The lowest BCUT2D eigenvalue weighted by Gasteiger charge is -2.42. The first-order chi connectivity index (χ1) is 19.6. The van der Waals surface area contributed by atoms with Crippen LogP contribution in [0.15, 0.2) is 78.9 Å². The van der Waals surface area contributed by atoms with Crippen LogP contribution in [0.2, 0.25) is 0 Å². The minimum absolute atomic E-state index is 0.0273. The number of urea groups is 1. The van der Waals surface area contributed by atoms with Crippen molar-refractivity contribution >= 4 is 11.7 Å². The van der Waals surface area contributed by atoms with E-state index in [2.05, 4.69) is 45.4 Å². The zero-order valence-corrected chi connectivity index (χ0v) is 23.6. The van der Waals surface area contributed by atoms with Crippen LogP contribution in [0.1, 0.15) is 43.2 Å². The zero-order chi connectivity index (χ0) is 27.7. The van der Waals surface area contributed by atoms with Gasteiger partial charge < -0.3 is 19.9 Å². The van der Waals surface area contributed by atoms with E-state index in [4.69, 9.17) is 4.74 Å². The van der Waals surface area contributed by atoms with Crippen LogP contribution in [0.5, 0.6) is 5.75 Å². The van der Waals surface area contributed by atoms with Crippen molar-refractivity contribution in [1.82, 2.24) is 9.80 Å². The standard InChI is InChI=1S/C34H42FN3O2/c1-40-32-11-5-10-31(25-32)36-34(39)38-19-6-9-29(33(38)24-26-7-3-2-4-8-26)18-22-37-20-16-28(17-21-37)23-27-12-14-30(35)15-13-27/h2-5,7-8,10-15,25,28-29,33H,6,9,16-24H2,1H3,(H,36,39)/t29-,33+/m0/s1. The SMILES string of the molecule is COc1cccc(NC(=O)N2CCC[C@@H](CCN3CCC(Cc4ccc(F)cc4)CC3)[C@H]2Cc2ccccc2)c1. The van der Waals surface area contributed by atoms with E-state index in [9.17, 15) is 9.18 Å². The summed E-state index contributed by atoms with van der Waals surface area (Å²) in [5.74, 6) is 1.69. The molecule has 3 aromatic rings. The molecule has 0 aromatic heterocycles. The summed E-state index contributed by atoms with van der Waals surface area (Å²) in [6, 6.07) is 25.3. The van der Waals surface area contributed by atoms with E-state index in [-0.39, 0.29) is 17.9 Å². The van der Waals surface area contributed by atoms with Crippen molar-refractivity contribution < 1.29 is 13.9 Å². The van der Waals surface area contributed by atoms with Crippen LogP contribution < -0.4 is 10.1 Å². The Morgan fingerprint density at radius 1 is 0.900 bits per heavy atom. The predicted molar refractivity (Wildman–Crippen MR) is 159 cm³/mol. The molecule has 0 radical (unpaired) electrons. The Bertz CT molecular complexity index is 1210. The van der Waals surface area contributed by atoms with E-state index >= 15 is 0 Å². The summed E-state index contributed by atoms with van der Waals surface area (Å²) in [5.41, 5.74) is 3.27. The van der Waals surface area contributed by atoms with Gasteiger partial charge in [0.05, 0.1) is 7.11 Å². The molecule has 0 unspecified atom stereocenters. The van der Waals surface area contributed by atoms with Gasteiger partial charge in [-0.3, -0.25) is 0 Å². The second kappa shape index (κ2) is 13.8. The maximum absolute atomic E-state index is 13.6. The molecular weight excluding hydrogens is 501 g/mol. The highest BCUT2D eigenvalue weighted by Crippen LogP contribution is 2.31. The van der Waals surface area contributed by atoms with E-state index in [1.165, 1.54) is 24.0 Å². The number of anilines is 1. The van der Waals surface area contributed by atoms with Crippen molar-refractivity contribution in [2.24, 2.45) is 11.8 Å². The molecule has 0 bridgehead atoms. The van der Waals surface area contributed by atoms with Gasteiger partial charge in [0.15, 0.2) is 0 Å². The molecule has 6 heteroatoms. The number of hydrogen-bond acceptors (Lipinski definition) is 3. The smallest absolute Gasteiger partial charge is 0.322 e. The van der Waals surface area contributed by atoms with Crippen molar-refractivity contribution in [3.63, 3.8) is 0 Å². The Morgan fingerprint density at radius 2 is 1.65 bits per heavy atom. The number of methoxy groups -OCH3 is 1. The van der Waals surface area contributed by atoms with Crippen molar-refractivity contribution in [2.45, 2.75) is 51.0 Å². The van der Waals surface area contributed by atoms with Crippen molar-refractivity contribution in [1.29, 1.82) is 0 Å². The van der Waals surface area contributed by atoms with Crippen molar-refractivity contribution in [3.8, 4) is 5.75 Å². The van der Waals surface area contributed by atoms with Crippen LogP contribution in [-0.2, 0) is 12.8 Å². The first-order valence-corrected chi connectivity index (χ1v) is 14.8. The fourth-order valence-electron chi connectivity index (χ4n) is 6.47. The first-order valence-electron chi connectivity index (χ1n) is 14.8. The Hall–Kier alpha value is -3.38. The molecule has 3 aromatic carbocycles. The van der Waals surface area contributed by atoms with Crippen molar-refractivity contribution in [3.05, 3.63) is 95.8 Å². The van der Waals surface area contributed by atoms with Crippen LogP contribution in [0.25, 0.3) is 0 Å². The van der Waals surface area contributed by atoms with Crippen LogP contribution in [0.4, 0.5) is 14.9 Å². The van der Waals surface area contributed by atoms with Gasteiger partial charge in [-0.2, -0.15) is 0 Å². The fourth-order valence-corrected chi connectivity index (χ4v) is 6.47. The van der Waals surface area contributed by atoms with Crippen molar-refractivity contribution in [2.75, 3.05) is 38.6 Å². The molecule has 2 heterocycles. The molecule has 2 amide bonds. The molecule has 2 fully saturated rings. The van der Waals surface area contributed by atoms with Gasteiger partial charge in [-0.05, 0) is 112 Å². The van der Waals surface area contributed by atoms with E-state index < -0.39 is 0 Å². The number of nitrogens with one attached hydrogen (secondary N) is 1. The molecule has 1 N–H and O–H groups in total. The molecule has 5 nitrogen and oxygen atoms in total. The fraction of sp³-hybridized carbons (Fsp3) is 0.441. The topological polar surface area (TPSA) is 44.8 Å². The Labute approximate surface area is 238 Å². The molecule has 0 saturated carbocycles. The van der Waals surface area contributed by atoms with E-state index in [1.807, 2.05) is 36.4 Å². The monoisotopic (exact) mass is 543 g/mol. The van der Waals surface area contributed by atoms with Gasteiger partial charge in [-0.1, -0.05) is 48.5 Å². The number of piperidine rings is 2. The molecule has 2 aliphatic rings. The summed E-state index contributed by atoms with van der Waals surface area (Å²) in [6.07, 6.45) is 7.56. The average molecular weight is 544 g/mol. The second-order valence-corrected chi connectivity index (χ2v) is 11.4. The molecule has 2 atom stereocenters. The quantitative estimate of drug-likeness (QED) is 0.315. The third-order valence-corrected chi connectivity index (χ3v) is 8.75. The van der Waals surface area contributed by atoms with Crippen LogP contribution in [0, 0.1) is 17.7 Å². The van der Waals surface area contributed by atoms with Crippen LogP contribution in [0.3, 0.4) is 0 Å². The first kappa shape index (κ1) is 28.2.